The molecule has 23 heavy (non-hydrogen) atoms. The van der Waals surface area contributed by atoms with Gasteiger partial charge in [0, 0.05) is 11.5 Å². The summed E-state index contributed by atoms with van der Waals surface area (Å²) in [6.45, 7) is 7.93. The highest BCUT2D eigenvalue weighted by molar-refractivity contribution is 5.81. The van der Waals surface area contributed by atoms with Crippen LogP contribution in [0.5, 0.6) is 0 Å². The Balaban J connectivity index is 3.53. The van der Waals surface area contributed by atoms with E-state index in [9.17, 15) is 9.90 Å². The first-order valence-electron chi connectivity index (χ1n) is 9.48. The van der Waals surface area contributed by atoms with Crippen LogP contribution >= 0.6 is 0 Å². The average Bonchev–Trinajstić information content (AvgIpc) is 2.57. The Bertz CT molecular complexity index is 301. The molecule has 3 nitrogen and oxygen atoms in total. The fraction of sp³-hybridized carbons (Fsp3) is 0.850. The predicted molar refractivity (Wildman–Crippen MR) is 97.4 cm³/mol. The van der Waals surface area contributed by atoms with Crippen LogP contribution in [0.25, 0.3) is 0 Å². The Morgan fingerprint density at radius 3 is 1.91 bits per heavy atom. The second-order valence-corrected chi connectivity index (χ2v) is 7.07. The molecule has 0 spiro atoms. The van der Waals surface area contributed by atoms with Crippen molar-refractivity contribution in [3.63, 3.8) is 0 Å². The number of aliphatic hydroxyl groups is 1. The molecule has 0 saturated heterocycles. The molecule has 0 fully saturated rings. The minimum atomic E-state index is -0.413. The molecule has 136 valence electrons. The quantitative estimate of drug-likeness (QED) is 0.234. The molecule has 0 rings (SSSR count). The van der Waals surface area contributed by atoms with Crippen molar-refractivity contribution in [3.8, 4) is 0 Å². The first-order valence-corrected chi connectivity index (χ1v) is 9.48. The summed E-state index contributed by atoms with van der Waals surface area (Å²) in [4.78, 5) is 11.1. The molecule has 0 aliphatic carbocycles. The summed E-state index contributed by atoms with van der Waals surface area (Å²) in [5.41, 5.74) is -0.321. The second kappa shape index (κ2) is 14.7. The van der Waals surface area contributed by atoms with Crippen molar-refractivity contribution in [3.05, 3.63) is 12.7 Å². The Morgan fingerprint density at radius 2 is 1.48 bits per heavy atom. The molecular weight excluding hydrogens is 288 g/mol. The van der Waals surface area contributed by atoms with E-state index in [1.807, 2.05) is 6.92 Å². The van der Waals surface area contributed by atoms with Gasteiger partial charge in [-0.1, -0.05) is 91.1 Å². The van der Waals surface area contributed by atoms with Crippen LogP contribution in [0.1, 0.15) is 90.9 Å². The molecule has 0 radical (unpaired) electrons. The van der Waals surface area contributed by atoms with E-state index in [-0.39, 0.29) is 18.6 Å². The first kappa shape index (κ1) is 22.2. The number of unbranched alkanes of at least 4 members (excludes halogenated alkanes) is 10. The van der Waals surface area contributed by atoms with Gasteiger partial charge >= 0.3 is 5.97 Å². The van der Waals surface area contributed by atoms with Gasteiger partial charge in [0.2, 0.25) is 0 Å². The number of hydrogen-bond donors (Lipinski definition) is 1. The molecule has 0 aliphatic heterocycles. The Labute approximate surface area is 143 Å². The smallest absolute Gasteiger partial charge is 0.330 e. The van der Waals surface area contributed by atoms with Gasteiger partial charge in [-0.2, -0.15) is 0 Å². The van der Waals surface area contributed by atoms with Crippen molar-refractivity contribution in [2.75, 3.05) is 13.2 Å². The number of ether oxygens (including phenoxy) is 1. The molecule has 3 heteroatoms. The zero-order valence-electron chi connectivity index (χ0n) is 15.4. The summed E-state index contributed by atoms with van der Waals surface area (Å²) in [5.74, 6) is -0.413. The van der Waals surface area contributed by atoms with Crippen molar-refractivity contribution in [1.29, 1.82) is 0 Å². The monoisotopic (exact) mass is 326 g/mol. The van der Waals surface area contributed by atoms with Gasteiger partial charge in [-0.05, 0) is 6.42 Å². The maximum atomic E-state index is 11.1. The van der Waals surface area contributed by atoms with E-state index in [4.69, 9.17) is 4.74 Å². The second-order valence-electron chi connectivity index (χ2n) is 7.07. The lowest BCUT2D eigenvalue weighted by molar-refractivity contribution is -0.142. The molecule has 0 heterocycles. The normalized spacial score (nSPS) is 13.5. The van der Waals surface area contributed by atoms with Crippen molar-refractivity contribution in [1.82, 2.24) is 0 Å². The maximum absolute atomic E-state index is 11.1. The number of aliphatic hydroxyl groups excluding tert-OH is 1. The van der Waals surface area contributed by atoms with Crippen LogP contribution < -0.4 is 0 Å². The van der Waals surface area contributed by atoms with Gasteiger partial charge in [0.05, 0.1) is 13.2 Å². The highest BCUT2D eigenvalue weighted by atomic mass is 16.5. The molecule has 1 atom stereocenters. The van der Waals surface area contributed by atoms with Crippen LogP contribution in [-0.4, -0.2) is 24.3 Å². The van der Waals surface area contributed by atoms with Gasteiger partial charge in [-0.25, -0.2) is 4.79 Å². The summed E-state index contributed by atoms with van der Waals surface area (Å²) in [5, 5.41) is 9.52. The van der Waals surface area contributed by atoms with Crippen molar-refractivity contribution < 1.29 is 14.6 Å². The van der Waals surface area contributed by atoms with Crippen LogP contribution in [0.3, 0.4) is 0 Å². The first-order chi connectivity index (χ1) is 11.1. The minimum Gasteiger partial charge on any atom is -0.462 e. The fourth-order valence-corrected chi connectivity index (χ4v) is 2.72. The molecule has 0 aliphatic rings. The third-order valence-corrected chi connectivity index (χ3v) is 4.50. The van der Waals surface area contributed by atoms with Gasteiger partial charge in [0.25, 0.3) is 0 Å². The Kier molecular flexibility index (Phi) is 14.2. The lowest BCUT2D eigenvalue weighted by Gasteiger charge is -2.26. The van der Waals surface area contributed by atoms with E-state index >= 15 is 0 Å². The third-order valence-electron chi connectivity index (χ3n) is 4.50. The molecule has 0 bridgehead atoms. The zero-order chi connectivity index (χ0) is 17.4. The van der Waals surface area contributed by atoms with Gasteiger partial charge in [0.15, 0.2) is 0 Å². The summed E-state index contributed by atoms with van der Waals surface area (Å²) in [7, 11) is 0. The number of carbonyl (C=O) groups is 1. The van der Waals surface area contributed by atoms with Crippen LogP contribution in [0.2, 0.25) is 0 Å². The lowest BCUT2D eigenvalue weighted by atomic mass is 9.86. The van der Waals surface area contributed by atoms with Crippen LogP contribution in [0, 0.1) is 5.41 Å². The van der Waals surface area contributed by atoms with Crippen molar-refractivity contribution in [2.45, 2.75) is 90.9 Å². The summed E-state index contributed by atoms with van der Waals surface area (Å²) in [6, 6.07) is 0. The van der Waals surface area contributed by atoms with Gasteiger partial charge < -0.3 is 9.84 Å². The molecule has 0 aromatic rings. The molecule has 1 unspecified atom stereocenters. The zero-order valence-corrected chi connectivity index (χ0v) is 15.4. The van der Waals surface area contributed by atoms with E-state index in [2.05, 4.69) is 13.5 Å². The van der Waals surface area contributed by atoms with Crippen LogP contribution in [-0.2, 0) is 9.53 Å². The standard InChI is InChI=1S/C20H38O3/c1-4-6-7-8-9-10-11-12-13-14-15-16-20(3,17-21)18-23-19(22)5-2/h5,21H,2,4,6-18H2,1,3H3. The molecule has 0 aromatic heterocycles. The van der Waals surface area contributed by atoms with E-state index in [1.165, 1.54) is 70.3 Å². The number of hydrogen-bond acceptors (Lipinski definition) is 3. The van der Waals surface area contributed by atoms with E-state index in [0.29, 0.717) is 0 Å². The molecule has 1 N–H and O–H groups in total. The summed E-state index contributed by atoms with van der Waals surface area (Å²) >= 11 is 0. The summed E-state index contributed by atoms with van der Waals surface area (Å²) in [6.07, 6.45) is 16.5. The van der Waals surface area contributed by atoms with E-state index in [0.717, 1.165) is 12.8 Å². The third kappa shape index (κ3) is 13.3. The fourth-order valence-electron chi connectivity index (χ4n) is 2.72. The molecule has 0 amide bonds. The minimum absolute atomic E-state index is 0.0508. The van der Waals surface area contributed by atoms with Gasteiger partial charge in [0.1, 0.15) is 0 Å². The molecule has 0 aromatic carbocycles. The van der Waals surface area contributed by atoms with Crippen LogP contribution in [0.15, 0.2) is 12.7 Å². The van der Waals surface area contributed by atoms with Gasteiger partial charge in [-0.3, -0.25) is 0 Å². The topological polar surface area (TPSA) is 46.5 Å². The SMILES string of the molecule is C=CC(=O)OCC(C)(CO)CCCCCCCCCCCCC. The van der Waals surface area contributed by atoms with Gasteiger partial charge in [-0.15, -0.1) is 0 Å². The number of carbonyl (C=O) groups excluding carboxylic acids is 1. The highest BCUT2D eigenvalue weighted by Crippen LogP contribution is 2.25. The number of rotatable bonds is 16. The average molecular weight is 327 g/mol. The largest absolute Gasteiger partial charge is 0.462 e. The predicted octanol–water partition coefficient (Wildman–Crippen LogP) is 5.42. The maximum Gasteiger partial charge on any atom is 0.330 e. The number of esters is 1. The Morgan fingerprint density at radius 1 is 1.00 bits per heavy atom. The van der Waals surface area contributed by atoms with E-state index < -0.39 is 5.97 Å². The summed E-state index contributed by atoms with van der Waals surface area (Å²) < 4.78 is 5.08. The lowest BCUT2D eigenvalue weighted by Crippen LogP contribution is -2.28. The van der Waals surface area contributed by atoms with Crippen molar-refractivity contribution >= 4 is 5.97 Å². The highest BCUT2D eigenvalue weighted by Gasteiger charge is 2.24. The van der Waals surface area contributed by atoms with Crippen LogP contribution in [0.4, 0.5) is 0 Å². The molecular formula is C20H38O3. The van der Waals surface area contributed by atoms with E-state index in [1.54, 1.807) is 0 Å². The molecule has 0 saturated carbocycles. The van der Waals surface area contributed by atoms with Crippen molar-refractivity contribution in [2.24, 2.45) is 5.41 Å². The Hall–Kier alpha value is -0.830.